The number of hydrazone groups is 1. The molecule has 6 nitrogen and oxygen atoms in total. The van der Waals surface area contributed by atoms with Crippen molar-refractivity contribution in [2.75, 3.05) is 13.1 Å². The minimum atomic E-state index is -3.56. The highest BCUT2D eigenvalue weighted by atomic mass is 32.2. The summed E-state index contributed by atoms with van der Waals surface area (Å²) in [6.45, 7) is 9.27. The molecule has 0 aliphatic carbocycles. The average Bonchev–Trinajstić information content (AvgIpc) is 2.14. The predicted molar refractivity (Wildman–Crippen MR) is 69.0 cm³/mol. The molecule has 0 saturated carbocycles. The summed E-state index contributed by atoms with van der Waals surface area (Å²) in [7, 11) is -3.56. The van der Waals surface area contributed by atoms with Crippen molar-refractivity contribution >= 4 is 15.9 Å². The van der Waals surface area contributed by atoms with Crippen molar-refractivity contribution in [1.29, 1.82) is 0 Å². The van der Waals surface area contributed by atoms with Gasteiger partial charge in [-0.3, -0.25) is 0 Å². The first-order valence-corrected chi connectivity index (χ1v) is 7.08. The summed E-state index contributed by atoms with van der Waals surface area (Å²) in [5.41, 5.74) is -0.359. The standard InChI is InChI=1S/C10H23N3O3S/c1-6-13(7-2)17(15,16)12-11-9(3)8-10(4,5)14/h12,14H,6-8H2,1-5H3/b11-9+. The van der Waals surface area contributed by atoms with Crippen LogP contribution in [-0.4, -0.2) is 42.2 Å². The number of hydrogen-bond donors (Lipinski definition) is 2. The molecular formula is C10H23N3O3S. The van der Waals surface area contributed by atoms with Crippen molar-refractivity contribution in [3.05, 3.63) is 0 Å². The highest BCUT2D eigenvalue weighted by Gasteiger charge is 2.18. The van der Waals surface area contributed by atoms with E-state index in [1.807, 2.05) is 0 Å². The minimum Gasteiger partial charge on any atom is -0.390 e. The quantitative estimate of drug-likeness (QED) is 0.525. The summed E-state index contributed by atoms with van der Waals surface area (Å²) in [6, 6.07) is 0. The lowest BCUT2D eigenvalue weighted by molar-refractivity contribution is 0.0884. The van der Waals surface area contributed by atoms with Crippen LogP contribution in [0.3, 0.4) is 0 Å². The Bertz CT molecular complexity index is 353. The van der Waals surface area contributed by atoms with Gasteiger partial charge >= 0.3 is 10.2 Å². The van der Waals surface area contributed by atoms with Crippen LogP contribution >= 0.6 is 0 Å². The van der Waals surface area contributed by atoms with E-state index in [0.717, 1.165) is 0 Å². The van der Waals surface area contributed by atoms with Crippen molar-refractivity contribution in [2.45, 2.75) is 46.6 Å². The molecule has 0 aromatic carbocycles. The van der Waals surface area contributed by atoms with Crippen LogP contribution in [0.25, 0.3) is 0 Å². The highest BCUT2D eigenvalue weighted by molar-refractivity contribution is 7.87. The molecule has 0 saturated heterocycles. The van der Waals surface area contributed by atoms with Crippen LogP contribution < -0.4 is 4.83 Å². The van der Waals surface area contributed by atoms with Crippen molar-refractivity contribution in [1.82, 2.24) is 9.14 Å². The molecule has 7 heteroatoms. The van der Waals surface area contributed by atoms with Gasteiger partial charge in [-0.1, -0.05) is 13.8 Å². The van der Waals surface area contributed by atoms with E-state index in [4.69, 9.17) is 0 Å². The predicted octanol–water partition coefficient (Wildman–Crippen LogP) is 0.699. The maximum absolute atomic E-state index is 11.7. The molecular weight excluding hydrogens is 242 g/mol. The highest BCUT2D eigenvalue weighted by Crippen LogP contribution is 2.08. The molecule has 17 heavy (non-hydrogen) atoms. The van der Waals surface area contributed by atoms with Gasteiger partial charge in [0.1, 0.15) is 0 Å². The first-order valence-electron chi connectivity index (χ1n) is 5.64. The van der Waals surface area contributed by atoms with Gasteiger partial charge in [0.15, 0.2) is 0 Å². The van der Waals surface area contributed by atoms with Gasteiger partial charge in [0, 0.05) is 25.2 Å². The van der Waals surface area contributed by atoms with Crippen LogP contribution in [0.1, 0.15) is 41.0 Å². The number of nitrogens with zero attached hydrogens (tertiary/aromatic N) is 2. The second-order valence-electron chi connectivity index (χ2n) is 4.52. The minimum absolute atomic E-state index is 0.313. The fourth-order valence-corrected chi connectivity index (χ4v) is 2.49. The molecule has 0 atom stereocenters. The summed E-state index contributed by atoms with van der Waals surface area (Å²) >= 11 is 0. The van der Waals surface area contributed by atoms with Crippen LogP contribution in [0.2, 0.25) is 0 Å². The molecule has 0 bridgehead atoms. The SMILES string of the molecule is CCN(CC)S(=O)(=O)N/N=C(\C)CC(C)(C)O. The van der Waals surface area contributed by atoms with E-state index in [0.29, 0.717) is 25.2 Å². The Labute approximate surface area is 104 Å². The van der Waals surface area contributed by atoms with Crippen LogP contribution in [0.5, 0.6) is 0 Å². The molecule has 0 aliphatic heterocycles. The van der Waals surface area contributed by atoms with Crippen molar-refractivity contribution in [2.24, 2.45) is 5.10 Å². The average molecular weight is 265 g/mol. The van der Waals surface area contributed by atoms with E-state index in [2.05, 4.69) is 9.93 Å². The van der Waals surface area contributed by atoms with Gasteiger partial charge in [0.05, 0.1) is 5.60 Å². The van der Waals surface area contributed by atoms with Gasteiger partial charge in [-0.25, -0.2) is 0 Å². The zero-order valence-corrected chi connectivity index (χ0v) is 12.0. The first-order chi connectivity index (χ1) is 7.62. The largest absolute Gasteiger partial charge is 0.390 e. The third-order valence-corrected chi connectivity index (χ3v) is 3.60. The molecule has 0 radical (unpaired) electrons. The van der Waals surface area contributed by atoms with E-state index in [-0.39, 0.29) is 0 Å². The Kier molecular flexibility index (Phi) is 6.08. The Morgan fingerprint density at radius 1 is 1.35 bits per heavy atom. The zero-order chi connectivity index (χ0) is 13.7. The van der Waals surface area contributed by atoms with E-state index in [1.54, 1.807) is 34.6 Å². The van der Waals surface area contributed by atoms with Crippen LogP contribution in [0, 0.1) is 0 Å². The summed E-state index contributed by atoms with van der Waals surface area (Å²) in [4.78, 5) is 2.16. The summed E-state index contributed by atoms with van der Waals surface area (Å²) in [6.07, 6.45) is 0.313. The third kappa shape index (κ3) is 6.60. The Balaban J connectivity index is 4.60. The fraction of sp³-hybridized carbons (Fsp3) is 0.900. The number of aliphatic hydroxyl groups is 1. The number of nitrogens with one attached hydrogen (secondary N) is 1. The van der Waals surface area contributed by atoms with Gasteiger partial charge in [-0.2, -0.15) is 22.7 Å². The maximum Gasteiger partial charge on any atom is 0.316 e. The lowest BCUT2D eigenvalue weighted by atomic mass is 10.0. The van der Waals surface area contributed by atoms with Crippen molar-refractivity contribution < 1.29 is 13.5 Å². The molecule has 0 aromatic heterocycles. The van der Waals surface area contributed by atoms with Gasteiger partial charge in [0.25, 0.3) is 0 Å². The summed E-state index contributed by atoms with van der Waals surface area (Å²) in [5.74, 6) is 0. The topological polar surface area (TPSA) is 82.0 Å². The lowest BCUT2D eigenvalue weighted by Gasteiger charge is -2.19. The second kappa shape index (κ2) is 6.32. The molecule has 0 unspecified atom stereocenters. The summed E-state index contributed by atoms with van der Waals surface area (Å²) in [5, 5.41) is 13.3. The van der Waals surface area contributed by atoms with Crippen molar-refractivity contribution in [3.8, 4) is 0 Å². The Morgan fingerprint density at radius 2 is 1.82 bits per heavy atom. The molecule has 0 heterocycles. The third-order valence-electron chi connectivity index (χ3n) is 2.09. The Hall–Kier alpha value is -0.660. The first kappa shape index (κ1) is 16.3. The summed E-state index contributed by atoms with van der Waals surface area (Å²) < 4.78 is 24.7. The van der Waals surface area contributed by atoms with Crippen molar-refractivity contribution in [3.63, 3.8) is 0 Å². The monoisotopic (exact) mass is 265 g/mol. The van der Waals surface area contributed by atoms with Gasteiger partial charge < -0.3 is 5.11 Å². The molecule has 2 N–H and O–H groups in total. The van der Waals surface area contributed by atoms with E-state index >= 15 is 0 Å². The maximum atomic E-state index is 11.7. The van der Waals surface area contributed by atoms with Crippen LogP contribution in [0.15, 0.2) is 5.10 Å². The molecule has 0 aliphatic rings. The van der Waals surface area contributed by atoms with E-state index in [1.165, 1.54) is 4.31 Å². The van der Waals surface area contributed by atoms with Gasteiger partial charge in [0.2, 0.25) is 0 Å². The van der Waals surface area contributed by atoms with E-state index < -0.39 is 15.8 Å². The van der Waals surface area contributed by atoms with E-state index in [9.17, 15) is 13.5 Å². The molecule has 0 rings (SSSR count). The fourth-order valence-electron chi connectivity index (χ4n) is 1.42. The molecule has 0 spiro atoms. The Morgan fingerprint density at radius 3 is 2.18 bits per heavy atom. The smallest absolute Gasteiger partial charge is 0.316 e. The van der Waals surface area contributed by atoms with Gasteiger partial charge in [-0.05, 0) is 20.8 Å². The normalized spacial score (nSPS) is 14.2. The number of hydrogen-bond acceptors (Lipinski definition) is 4. The zero-order valence-electron chi connectivity index (χ0n) is 11.2. The molecule has 0 fully saturated rings. The molecule has 102 valence electrons. The molecule has 0 aromatic rings. The van der Waals surface area contributed by atoms with Crippen LogP contribution in [-0.2, 0) is 10.2 Å². The van der Waals surface area contributed by atoms with Crippen LogP contribution in [0.4, 0.5) is 0 Å². The lowest BCUT2D eigenvalue weighted by Crippen LogP contribution is -2.38. The number of rotatable bonds is 7. The second-order valence-corrected chi connectivity index (χ2v) is 6.17. The molecule has 0 amide bonds. The van der Waals surface area contributed by atoms with Gasteiger partial charge in [-0.15, -0.1) is 0 Å².